The van der Waals surface area contributed by atoms with Gasteiger partial charge in [-0.3, -0.25) is 4.79 Å². The minimum Gasteiger partial charge on any atom is -0.341 e. The Morgan fingerprint density at radius 1 is 1.38 bits per heavy atom. The second-order valence-electron chi connectivity index (χ2n) is 6.11. The maximum Gasteiger partial charge on any atom is 0.228 e. The molecule has 24 heavy (non-hydrogen) atoms. The molecule has 2 heterocycles. The summed E-state index contributed by atoms with van der Waals surface area (Å²) in [5.74, 6) is 0.137. The lowest BCUT2D eigenvalue weighted by Crippen LogP contribution is -2.46. The van der Waals surface area contributed by atoms with Gasteiger partial charge in [0.25, 0.3) is 0 Å². The van der Waals surface area contributed by atoms with E-state index in [0.29, 0.717) is 13.0 Å². The van der Waals surface area contributed by atoms with Gasteiger partial charge in [0, 0.05) is 30.1 Å². The molecule has 0 radical (unpaired) electrons. The predicted octanol–water partition coefficient (Wildman–Crippen LogP) is 3.29. The minimum atomic E-state index is 0. The number of nitrogens with zero attached hydrogens (tertiary/aromatic N) is 2. The highest BCUT2D eigenvalue weighted by Gasteiger charge is 2.22. The van der Waals surface area contributed by atoms with E-state index in [-0.39, 0.29) is 24.4 Å². The van der Waals surface area contributed by atoms with Gasteiger partial charge in [0.05, 0.1) is 12.1 Å². The second-order valence-corrected chi connectivity index (χ2v) is 6.97. The zero-order chi connectivity index (χ0) is 16.2. The normalized spacial score (nSPS) is 17.4. The average Bonchev–Trinajstić information content (AvgIpc) is 3.03. The molecule has 1 aliphatic heterocycles. The second kappa shape index (κ2) is 8.60. The van der Waals surface area contributed by atoms with Gasteiger partial charge in [-0.05, 0) is 24.8 Å². The fraction of sp³-hybridized carbons (Fsp3) is 0.444. The van der Waals surface area contributed by atoms with E-state index in [9.17, 15) is 4.79 Å². The van der Waals surface area contributed by atoms with Gasteiger partial charge in [-0.1, -0.05) is 31.2 Å². The molecule has 4 nitrogen and oxygen atoms in total. The number of rotatable bonds is 4. The van der Waals surface area contributed by atoms with Crippen LogP contribution in [0.15, 0.2) is 29.6 Å². The number of hydrogen-bond acceptors (Lipinski definition) is 4. The summed E-state index contributed by atoms with van der Waals surface area (Å²) in [5.41, 5.74) is 9.25. The topological polar surface area (TPSA) is 59.2 Å². The van der Waals surface area contributed by atoms with Crippen LogP contribution in [-0.2, 0) is 17.6 Å². The minimum absolute atomic E-state index is 0. The van der Waals surface area contributed by atoms with Crippen LogP contribution in [0, 0.1) is 0 Å². The third-order valence-corrected chi connectivity index (χ3v) is 5.24. The first-order valence-electron chi connectivity index (χ1n) is 8.22. The van der Waals surface area contributed by atoms with Gasteiger partial charge in [-0.15, -0.1) is 23.7 Å². The Morgan fingerprint density at radius 2 is 2.12 bits per heavy atom. The van der Waals surface area contributed by atoms with Crippen molar-refractivity contribution in [2.24, 2.45) is 5.73 Å². The molecule has 1 atom stereocenters. The summed E-state index contributed by atoms with van der Waals surface area (Å²) >= 11 is 1.60. The summed E-state index contributed by atoms with van der Waals surface area (Å²) < 4.78 is 0. The summed E-state index contributed by atoms with van der Waals surface area (Å²) in [6.45, 7) is 3.64. The van der Waals surface area contributed by atoms with E-state index in [2.05, 4.69) is 36.2 Å². The van der Waals surface area contributed by atoms with E-state index in [1.165, 1.54) is 5.56 Å². The smallest absolute Gasteiger partial charge is 0.228 e. The number of aryl methyl sites for hydroxylation is 1. The molecule has 0 spiro atoms. The molecule has 6 heteroatoms. The maximum absolute atomic E-state index is 12.4. The fourth-order valence-electron chi connectivity index (χ4n) is 2.91. The molecule has 1 aromatic heterocycles. The maximum atomic E-state index is 12.4. The van der Waals surface area contributed by atoms with Gasteiger partial charge >= 0.3 is 0 Å². The van der Waals surface area contributed by atoms with E-state index in [1.54, 1.807) is 11.3 Å². The van der Waals surface area contributed by atoms with Crippen LogP contribution < -0.4 is 5.73 Å². The van der Waals surface area contributed by atoms with Gasteiger partial charge in [0.1, 0.15) is 5.01 Å². The Bertz CT molecular complexity index is 671. The van der Waals surface area contributed by atoms with Crippen molar-refractivity contribution in [2.45, 2.75) is 38.6 Å². The lowest BCUT2D eigenvalue weighted by atomic mass is 10.1. The summed E-state index contributed by atoms with van der Waals surface area (Å²) in [4.78, 5) is 18.9. The molecule has 0 aliphatic carbocycles. The highest BCUT2D eigenvalue weighted by molar-refractivity contribution is 7.13. The predicted molar refractivity (Wildman–Crippen MR) is 102 cm³/mol. The van der Waals surface area contributed by atoms with E-state index in [4.69, 9.17) is 5.73 Å². The Morgan fingerprint density at radius 3 is 2.79 bits per heavy atom. The zero-order valence-corrected chi connectivity index (χ0v) is 15.5. The fourth-order valence-corrected chi connectivity index (χ4v) is 3.73. The molecule has 1 aromatic carbocycles. The third kappa shape index (κ3) is 4.56. The van der Waals surface area contributed by atoms with Gasteiger partial charge in [-0.2, -0.15) is 0 Å². The van der Waals surface area contributed by atoms with Crippen LogP contribution in [0.5, 0.6) is 0 Å². The quantitative estimate of drug-likeness (QED) is 0.904. The van der Waals surface area contributed by atoms with Crippen molar-refractivity contribution in [3.63, 3.8) is 0 Å². The molecule has 1 unspecified atom stereocenters. The van der Waals surface area contributed by atoms with Crippen molar-refractivity contribution >= 4 is 29.7 Å². The number of piperidine rings is 1. The van der Waals surface area contributed by atoms with E-state index in [1.807, 2.05) is 10.3 Å². The standard InChI is InChI=1S/C18H23N3OS.ClH/c1-2-13-5-7-14(8-6-13)18-20-16(12-23-18)10-17(22)21-9-3-4-15(19)11-21;/h5-8,12,15H,2-4,9-11,19H2,1H3;1H. The van der Waals surface area contributed by atoms with Crippen molar-refractivity contribution in [2.75, 3.05) is 13.1 Å². The highest BCUT2D eigenvalue weighted by Crippen LogP contribution is 2.24. The molecule has 1 fully saturated rings. The third-order valence-electron chi connectivity index (χ3n) is 4.30. The van der Waals surface area contributed by atoms with Crippen molar-refractivity contribution in [3.05, 3.63) is 40.9 Å². The van der Waals surface area contributed by atoms with Crippen LogP contribution in [-0.4, -0.2) is 34.9 Å². The molecule has 1 saturated heterocycles. The number of carbonyl (C=O) groups excluding carboxylic acids is 1. The first-order chi connectivity index (χ1) is 11.2. The lowest BCUT2D eigenvalue weighted by molar-refractivity contribution is -0.131. The first-order valence-corrected chi connectivity index (χ1v) is 9.10. The van der Waals surface area contributed by atoms with Crippen molar-refractivity contribution in [1.29, 1.82) is 0 Å². The monoisotopic (exact) mass is 365 g/mol. The molecule has 0 bridgehead atoms. The molecule has 3 rings (SSSR count). The molecule has 2 aromatic rings. The summed E-state index contributed by atoms with van der Waals surface area (Å²) in [5, 5.41) is 2.97. The van der Waals surface area contributed by atoms with E-state index >= 15 is 0 Å². The van der Waals surface area contributed by atoms with Crippen LogP contribution in [0.3, 0.4) is 0 Å². The Labute approximate surface area is 153 Å². The van der Waals surface area contributed by atoms with Gasteiger partial charge < -0.3 is 10.6 Å². The number of likely N-dealkylation sites (tertiary alicyclic amines) is 1. The summed E-state index contributed by atoms with van der Waals surface area (Å²) in [7, 11) is 0. The summed E-state index contributed by atoms with van der Waals surface area (Å²) in [6, 6.07) is 8.60. The SMILES string of the molecule is CCc1ccc(-c2nc(CC(=O)N3CCCC(N)C3)cs2)cc1.Cl. The molecular formula is C18H24ClN3OS. The average molecular weight is 366 g/mol. The largest absolute Gasteiger partial charge is 0.341 e. The van der Waals surface area contributed by atoms with E-state index < -0.39 is 0 Å². The van der Waals surface area contributed by atoms with Crippen LogP contribution in [0.2, 0.25) is 0 Å². The van der Waals surface area contributed by atoms with Crippen LogP contribution >= 0.6 is 23.7 Å². The number of carbonyl (C=O) groups is 1. The summed E-state index contributed by atoms with van der Waals surface area (Å²) in [6.07, 6.45) is 3.42. The van der Waals surface area contributed by atoms with Crippen molar-refractivity contribution in [3.8, 4) is 10.6 Å². The number of nitrogens with two attached hydrogens (primary N) is 1. The lowest BCUT2D eigenvalue weighted by Gasteiger charge is -2.30. The molecule has 2 N–H and O–H groups in total. The van der Waals surface area contributed by atoms with E-state index in [0.717, 1.165) is 42.1 Å². The van der Waals surface area contributed by atoms with Gasteiger partial charge in [0.2, 0.25) is 5.91 Å². The van der Waals surface area contributed by atoms with Crippen LogP contribution in [0.1, 0.15) is 31.0 Å². The van der Waals surface area contributed by atoms with Gasteiger partial charge in [-0.25, -0.2) is 4.98 Å². The molecule has 1 aliphatic rings. The highest BCUT2D eigenvalue weighted by atomic mass is 35.5. The zero-order valence-electron chi connectivity index (χ0n) is 13.9. The molecule has 1 amide bonds. The number of thiazole rings is 1. The Hall–Kier alpha value is -1.43. The first kappa shape index (κ1) is 18.9. The van der Waals surface area contributed by atoms with Crippen molar-refractivity contribution < 1.29 is 4.79 Å². The van der Waals surface area contributed by atoms with Crippen molar-refractivity contribution in [1.82, 2.24) is 9.88 Å². The number of aromatic nitrogens is 1. The van der Waals surface area contributed by atoms with Crippen LogP contribution in [0.4, 0.5) is 0 Å². The van der Waals surface area contributed by atoms with Crippen LogP contribution in [0.25, 0.3) is 10.6 Å². The molecule has 0 saturated carbocycles. The number of halogens is 1. The molecular weight excluding hydrogens is 342 g/mol. The Kier molecular flexibility index (Phi) is 6.78. The van der Waals surface area contributed by atoms with Gasteiger partial charge in [0.15, 0.2) is 0 Å². The number of hydrogen-bond donors (Lipinski definition) is 1. The Balaban J connectivity index is 0.00000208. The molecule has 130 valence electrons. The number of amides is 1. The number of benzene rings is 1.